The second-order valence-electron chi connectivity index (χ2n) is 3.52. The van der Waals surface area contributed by atoms with Crippen LogP contribution in [0.25, 0.3) is 0 Å². The monoisotopic (exact) mass is 212 g/mol. The molecule has 0 N–H and O–H groups in total. The van der Waals surface area contributed by atoms with E-state index < -0.39 is 9.84 Å². The summed E-state index contributed by atoms with van der Waals surface area (Å²) in [5, 5.41) is -0.339. The van der Waals surface area contributed by atoms with Crippen molar-refractivity contribution in [2.75, 3.05) is 6.26 Å². The summed E-state index contributed by atoms with van der Waals surface area (Å²) in [5.41, 5.74) is 0.900. The van der Waals surface area contributed by atoms with E-state index in [-0.39, 0.29) is 5.25 Å². The summed E-state index contributed by atoms with van der Waals surface area (Å²) >= 11 is 0. The van der Waals surface area contributed by atoms with Crippen LogP contribution >= 0.6 is 0 Å². The largest absolute Gasteiger partial charge is 0.228 e. The summed E-state index contributed by atoms with van der Waals surface area (Å²) in [6.45, 7) is 2.00. The van der Waals surface area contributed by atoms with Crippen molar-refractivity contribution in [3.8, 4) is 0 Å². The standard InChI is InChI=1S/C11H16O2S/c1-3-7-11(14(2,12)13)10-8-5-4-6-9-10/h4-6,8-9,11H,3,7H2,1-2H3. The summed E-state index contributed by atoms with van der Waals surface area (Å²) in [6.07, 6.45) is 2.88. The third kappa shape index (κ3) is 2.84. The molecule has 1 atom stereocenters. The number of hydrogen-bond acceptors (Lipinski definition) is 2. The van der Waals surface area contributed by atoms with E-state index in [1.165, 1.54) is 6.26 Å². The number of hydrogen-bond donors (Lipinski definition) is 0. The van der Waals surface area contributed by atoms with Crippen molar-refractivity contribution in [1.29, 1.82) is 0 Å². The molecule has 3 heteroatoms. The Morgan fingerprint density at radius 1 is 1.21 bits per heavy atom. The van der Waals surface area contributed by atoms with Crippen molar-refractivity contribution in [3.05, 3.63) is 35.9 Å². The summed E-state index contributed by atoms with van der Waals surface area (Å²) in [6, 6.07) is 9.41. The molecule has 1 aromatic rings. The predicted molar refractivity (Wildman–Crippen MR) is 58.9 cm³/mol. The van der Waals surface area contributed by atoms with Gasteiger partial charge in [0.1, 0.15) is 0 Å². The van der Waals surface area contributed by atoms with Crippen LogP contribution in [0.1, 0.15) is 30.6 Å². The highest BCUT2D eigenvalue weighted by molar-refractivity contribution is 7.90. The van der Waals surface area contributed by atoms with Gasteiger partial charge in [-0.3, -0.25) is 0 Å². The van der Waals surface area contributed by atoms with Crippen LogP contribution in [-0.2, 0) is 9.84 Å². The van der Waals surface area contributed by atoms with Crippen LogP contribution < -0.4 is 0 Å². The van der Waals surface area contributed by atoms with E-state index in [1.54, 1.807) is 0 Å². The Balaban J connectivity index is 3.02. The second kappa shape index (κ2) is 4.60. The smallest absolute Gasteiger partial charge is 0.154 e. The molecule has 14 heavy (non-hydrogen) atoms. The zero-order valence-corrected chi connectivity index (χ0v) is 9.42. The SMILES string of the molecule is CCCC(c1ccccc1)S(C)(=O)=O. The van der Waals surface area contributed by atoms with Crippen LogP contribution in [0.5, 0.6) is 0 Å². The summed E-state index contributed by atoms with van der Waals surface area (Å²) in [4.78, 5) is 0. The van der Waals surface area contributed by atoms with E-state index in [0.717, 1.165) is 12.0 Å². The van der Waals surface area contributed by atoms with Crippen molar-refractivity contribution in [2.45, 2.75) is 25.0 Å². The minimum absolute atomic E-state index is 0.339. The molecule has 1 unspecified atom stereocenters. The van der Waals surface area contributed by atoms with E-state index in [4.69, 9.17) is 0 Å². The van der Waals surface area contributed by atoms with Crippen molar-refractivity contribution < 1.29 is 8.42 Å². The summed E-state index contributed by atoms with van der Waals surface area (Å²) < 4.78 is 23.0. The molecule has 0 aliphatic rings. The van der Waals surface area contributed by atoms with E-state index >= 15 is 0 Å². The summed E-state index contributed by atoms with van der Waals surface area (Å²) in [5.74, 6) is 0. The van der Waals surface area contributed by atoms with Crippen LogP contribution in [-0.4, -0.2) is 14.7 Å². The maximum atomic E-state index is 11.5. The minimum atomic E-state index is -2.98. The van der Waals surface area contributed by atoms with Gasteiger partial charge in [0.2, 0.25) is 0 Å². The van der Waals surface area contributed by atoms with E-state index in [9.17, 15) is 8.42 Å². The number of benzene rings is 1. The second-order valence-corrected chi connectivity index (χ2v) is 5.75. The third-order valence-electron chi connectivity index (χ3n) is 2.24. The van der Waals surface area contributed by atoms with Crippen LogP contribution in [0.4, 0.5) is 0 Å². The minimum Gasteiger partial charge on any atom is -0.228 e. The zero-order chi connectivity index (χ0) is 10.6. The van der Waals surface area contributed by atoms with E-state index in [2.05, 4.69) is 0 Å². The molecule has 0 radical (unpaired) electrons. The van der Waals surface area contributed by atoms with Crippen LogP contribution in [0.2, 0.25) is 0 Å². The molecular formula is C11H16O2S. The first-order chi connectivity index (χ1) is 6.55. The lowest BCUT2D eigenvalue weighted by Gasteiger charge is -2.14. The highest BCUT2D eigenvalue weighted by atomic mass is 32.2. The third-order valence-corrected chi connectivity index (χ3v) is 3.78. The Bertz CT molecular complexity index is 368. The predicted octanol–water partition coefficient (Wildman–Crippen LogP) is 2.57. The van der Waals surface area contributed by atoms with Gasteiger partial charge in [-0.05, 0) is 12.0 Å². The molecule has 0 heterocycles. The number of rotatable bonds is 4. The first-order valence-corrected chi connectivity index (χ1v) is 6.75. The van der Waals surface area contributed by atoms with Crippen molar-refractivity contribution in [1.82, 2.24) is 0 Å². The average Bonchev–Trinajstić information content (AvgIpc) is 2.14. The maximum Gasteiger partial charge on any atom is 0.154 e. The van der Waals surface area contributed by atoms with Gasteiger partial charge >= 0.3 is 0 Å². The van der Waals surface area contributed by atoms with E-state index in [1.807, 2.05) is 37.3 Å². The Morgan fingerprint density at radius 2 is 1.79 bits per heavy atom. The topological polar surface area (TPSA) is 34.1 Å². The molecule has 78 valence electrons. The van der Waals surface area contributed by atoms with Gasteiger partial charge in [-0.15, -0.1) is 0 Å². The molecule has 1 aromatic carbocycles. The molecule has 0 amide bonds. The van der Waals surface area contributed by atoms with Gasteiger partial charge in [-0.2, -0.15) is 0 Å². The van der Waals surface area contributed by atoms with Crippen molar-refractivity contribution >= 4 is 9.84 Å². The maximum absolute atomic E-state index is 11.5. The van der Waals surface area contributed by atoms with Crippen molar-refractivity contribution in [3.63, 3.8) is 0 Å². The first-order valence-electron chi connectivity index (χ1n) is 4.79. The Morgan fingerprint density at radius 3 is 2.21 bits per heavy atom. The molecule has 1 rings (SSSR count). The lowest BCUT2D eigenvalue weighted by Crippen LogP contribution is -2.11. The Labute approximate surface area is 85.9 Å². The molecular weight excluding hydrogens is 196 g/mol. The molecule has 0 saturated carbocycles. The van der Waals surface area contributed by atoms with Gasteiger partial charge in [0.25, 0.3) is 0 Å². The Hall–Kier alpha value is -0.830. The first kappa shape index (κ1) is 11.2. The van der Waals surface area contributed by atoms with Gasteiger partial charge in [0, 0.05) is 6.26 Å². The molecule has 0 aromatic heterocycles. The van der Waals surface area contributed by atoms with Gasteiger partial charge in [0.05, 0.1) is 5.25 Å². The van der Waals surface area contributed by atoms with Crippen LogP contribution in [0.3, 0.4) is 0 Å². The quantitative estimate of drug-likeness (QED) is 0.768. The van der Waals surface area contributed by atoms with Gasteiger partial charge in [-0.25, -0.2) is 8.42 Å². The molecule has 0 aliphatic heterocycles. The average molecular weight is 212 g/mol. The lowest BCUT2D eigenvalue weighted by molar-refractivity contribution is 0.579. The van der Waals surface area contributed by atoms with Crippen molar-refractivity contribution in [2.24, 2.45) is 0 Å². The van der Waals surface area contributed by atoms with Gasteiger partial charge < -0.3 is 0 Å². The van der Waals surface area contributed by atoms with Crippen LogP contribution in [0.15, 0.2) is 30.3 Å². The summed E-state index contributed by atoms with van der Waals surface area (Å²) in [7, 11) is -2.98. The Kier molecular flexibility index (Phi) is 3.69. The highest BCUT2D eigenvalue weighted by Crippen LogP contribution is 2.26. The van der Waals surface area contributed by atoms with Gasteiger partial charge in [0.15, 0.2) is 9.84 Å². The molecule has 0 aliphatic carbocycles. The fourth-order valence-electron chi connectivity index (χ4n) is 1.56. The number of sulfone groups is 1. The molecule has 2 nitrogen and oxygen atoms in total. The fraction of sp³-hybridized carbons (Fsp3) is 0.455. The molecule has 0 fully saturated rings. The fourth-order valence-corrected chi connectivity index (χ4v) is 2.87. The normalized spacial score (nSPS) is 13.9. The molecule has 0 spiro atoms. The van der Waals surface area contributed by atoms with E-state index in [0.29, 0.717) is 6.42 Å². The van der Waals surface area contributed by atoms with Crippen LogP contribution in [0, 0.1) is 0 Å². The lowest BCUT2D eigenvalue weighted by atomic mass is 10.1. The highest BCUT2D eigenvalue weighted by Gasteiger charge is 2.20. The zero-order valence-electron chi connectivity index (χ0n) is 8.60. The molecule has 0 bridgehead atoms. The van der Waals surface area contributed by atoms with Gasteiger partial charge in [-0.1, -0.05) is 43.7 Å². The molecule has 0 saturated heterocycles.